The zero-order valence-corrected chi connectivity index (χ0v) is 11.9. The van der Waals surface area contributed by atoms with Gasteiger partial charge in [0.25, 0.3) is 9.05 Å². The normalized spacial score (nSPS) is 12.0. The minimum Gasteiger partial charge on any atom is -0.404 e. The number of halogens is 5. The molecule has 4 nitrogen and oxygen atoms in total. The summed E-state index contributed by atoms with van der Waals surface area (Å²) >= 11 is 1.60. The van der Waals surface area contributed by atoms with E-state index in [9.17, 15) is 21.6 Å². The number of rotatable bonds is 2. The Balaban J connectivity index is 3.52. The molecule has 98 valence electrons. The molecule has 1 aromatic carbocycles. The number of hydrogen-bond donors (Lipinski definition) is 0. The van der Waals surface area contributed by atoms with E-state index in [1.165, 1.54) is 0 Å². The van der Waals surface area contributed by atoms with E-state index in [0.29, 0.717) is 6.07 Å². The molecule has 0 amide bonds. The van der Waals surface area contributed by atoms with Crippen molar-refractivity contribution in [1.82, 2.24) is 0 Å². The van der Waals surface area contributed by atoms with Crippen LogP contribution in [0.15, 0.2) is 17.0 Å². The molecule has 10 heteroatoms. The highest BCUT2D eigenvalue weighted by Crippen LogP contribution is 2.34. The summed E-state index contributed by atoms with van der Waals surface area (Å²) in [4.78, 5) is -0.843. The standard InChI is InChI=1S/C8H2ClF3INO3S/c9-18(15,16)7-2-5(13)4(3-14)1-6(7)17-8(10,11)12/h1-2H. The lowest BCUT2D eigenvalue weighted by Gasteiger charge is -2.12. The number of alkyl halides is 3. The number of benzene rings is 1. The zero-order valence-electron chi connectivity index (χ0n) is 8.12. The summed E-state index contributed by atoms with van der Waals surface area (Å²) < 4.78 is 62.2. The van der Waals surface area contributed by atoms with Crippen molar-refractivity contribution in [3.8, 4) is 11.8 Å². The van der Waals surface area contributed by atoms with Crippen LogP contribution >= 0.6 is 33.3 Å². The van der Waals surface area contributed by atoms with Gasteiger partial charge in [0.1, 0.15) is 11.0 Å². The third kappa shape index (κ3) is 3.89. The Kier molecular flexibility index (Phi) is 4.34. The van der Waals surface area contributed by atoms with E-state index >= 15 is 0 Å². The summed E-state index contributed by atoms with van der Waals surface area (Å²) in [6, 6.07) is 3.11. The highest BCUT2D eigenvalue weighted by atomic mass is 127. The van der Waals surface area contributed by atoms with Gasteiger partial charge in [-0.1, -0.05) is 0 Å². The quantitative estimate of drug-likeness (QED) is 0.554. The molecule has 0 radical (unpaired) electrons. The van der Waals surface area contributed by atoms with Gasteiger partial charge < -0.3 is 4.74 Å². The second kappa shape index (κ2) is 5.10. The molecule has 18 heavy (non-hydrogen) atoms. The molecule has 0 bridgehead atoms. The average Bonchev–Trinajstić information content (AvgIpc) is 2.16. The summed E-state index contributed by atoms with van der Waals surface area (Å²) in [6.07, 6.45) is -5.09. The summed E-state index contributed by atoms with van der Waals surface area (Å²) in [5.74, 6) is -1.03. The first-order valence-corrected chi connectivity index (χ1v) is 7.37. The van der Waals surface area contributed by atoms with Gasteiger partial charge in [0.05, 0.1) is 5.56 Å². The first kappa shape index (κ1) is 15.3. The largest absolute Gasteiger partial charge is 0.573 e. The van der Waals surface area contributed by atoms with E-state index < -0.39 is 26.1 Å². The highest BCUT2D eigenvalue weighted by molar-refractivity contribution is 14.1. The summed E-state index contributed by atoms with van der Waals surface area (Å²) in [6.45, 7) is 0. The van der Waals surface area contributed by atoms with E-state index in [1.54, 1.807) is 28.7 Å². The van der Waals surface area contributed by atoms with Crippen molar-refractivity contribution in [2.45, 2.75) is 11.3 Å². The minimum atomic E-state index is -5.09. The molecular formula is C8H2ClF3INO3S. The predicted molar refractivity (Wildman–Crippen MR) is 63.6 cm³/mol. The smallest absolute Gasteiger partial charge is 0.404 e. The third-order valence-electron chi connectivity index (χ3n) is 1.64. The zero-order chi connectivity index (χ0) is 14.1. The lowest BCUT2D eigenvalue weighted by Crippen LogP contribution is -2.18. The number of nitrogens with zero attached hydrogens (tertiary/aromatic N) is 1. The van der Waals surface area contributed by atoms with Crippen LogP contribution in [-0.2, 0) is 9.05 Å². The van der Waals surface area contributed by atoms with Gasteiger partial charge in [-0.2, -0.15) is 5.26 Å². The molecule has 0 unspecified atom stereocenters. The van der Waals surface area contributed by atoms with Crippen molar-refractivity contribution in [3.05, 3.63) is 21.3 Å². The molecule has 0 heterocycles. The maximum absolute atomic E-state index is 12.1. The van der Waals surface area contributed by atoms with Crippen molar-refractivity contribution in [1.29, 1.82) is 5.26 Å². The van der Waals surface area contributed by atoms with E-state index in [4.69, 9.17) is 15.9 Å². The molecule has 0 aliphatic carbocycles. The summed E-state index contributed by atoms with van der Waals surface area (Å²) in [7, 11) is 0.578. The van der Waals surface area contributed by atoms with E-state index in [0.717, 1.165) is 6.07 Å². The van der Waals surface area contributed by atoms with Crippen LogP contribution in [0.5, 0.6) is 5.75 Å². The lowest BCUT2D eigenvalue weighted by molar-refractivity contribution is -0.275. The molecule has 0 saturated carbocycles. The molecule has 0 atom stereocenters. The average molecular weight is 412 g/mol. The van der Waals surface area contributed by atoms with Gasteiger partial charge in [0, 0.05) is 20.3 Å². The van der Waals surface area contributed by atoms with Gasteiger partial charge in [-0.25, -0.2) is 8.42 Å². The second-order valence-corrected chi connectivity index (χ2v) is 6.57. The van der Waals surface area contributed by atoms with Crippen LogP contribution in [0.2, 0.25) is 0 Å². The van der Waals surface area contributed by atoms with Crippen LogP contribution in [0, 0.1) is 14.9 Å². The number of hydrogen-bond acceptors (Lipinski definition) is 4. The van der Waals surface area contributed by atoms with Gasteiger partial charge in [-0.15, -0.1) is 13.2 Å². The third-order valence-corrected chi connectivity index (χ3v) is 3.88. The van der Waals surface area contributed by atoms with Crippen molar-refractivity contribution in [2.24, 2.45) is 0 Å². The highest BCUT2D eigenvalue weighted by Gasteiger charge is 2.34. The Hall–Kier alpha value is -0.730. The SMILES string of the molecule is N#Cc1cc(OC(F)(F)F)c(S(=O)(=O)Cl)cc1I. The topological polar surface area (TPSA) is 67.2 Å². The number of ether oxygens (including phenoxy) is 1. The molecule has 0 N–H and O–H groups in total. The van der Waals surface area contributed by atoms with Crippen LogP contribution in [0.4, 0.5) is 13.2 Å². The molecule has 1 rings (SSSR count). The molecule has 0 aliphatic heterocycles. The fraction of sp³-hybridized carbons (Fsp3) is 0.125. The first-order chi connectivity index (χ1) is 8.04. The van der Waals surface area contributed by atoms with Crippen LogP contribution in [0.3, 0.4) is 0 Å². The van der Waals surface area contributed by atoms with Gasteiger partial charge in [-0.3, -0.25) is 0 Å². The Morgan fingerprint density at radius 3 is 2.33 bits per heavy atom. The van der Waals surface area contributed by atoms with Crippen LogP contribution in [-0.4, -0.2) is 14.8 Å². The van der Waals surface area contributed by atoms with Gasteiger partial charge in [0.2, 0.25) is 0 Å². The monoisotopic (exact) mass is 411 g/mol. The van der Waals surface area contributed by atoms with Crippen molar-refractivity contribution in [3.63, 3.8) is 0 Å². The van der Waals surface area contributed by atoms with Crippen LogP contribution in [0.25, 0.3) is 0 Å². The second-order valence-electron chi connectivity index (χ2n) is 2.88. The van der Waals surface area contributed by atoms with E-state index in [1.807, 2.05) is 0 Å². The Morgan fingerprint density at radius 1 is 1.39 bits per heavy atom. The van der Waals surface area contributed by atoms with Gasteiger partial charge in [-0.05, 0) is 28.7 Å². The summed E-state index contributed by atoms with van der Waals surface area (Å²) in [5, 5.41) is 8.66. The van der Waals surface area contributed by atoms with Crippen molar-refractivity contribution in [2.75, 3.05) is 0 Å². The first-order valence-electron chi connectivity index (χ1n) is 3.98. The predicted octanol–water partition coefficient (Wildman–Crippen LogP) is 2.99. The van der Waals surface area contributed by atoms with E-state index in [-0.39, 0.29) is 9.13 Å². The summed E-state index contributed by atoms with van der Waals surface area (Å²) in [5.41, 5.74) is -0.154. The number of nitriles is 1. The van der Waals surface area contributed by atoms with Crippen molar-refractivity contribution >= 4 is 42.3 Å². The van der Waals surface area contributed by atoms with Crippen LogP contribution < -0.4 is 4.74 Å². The molecule has 0 aliphatic rings. The molecule has 0 spiro atoms. The lowest BCUT2D eigenvalue weighted by atomic mass is 10.2. The Labute approximate surface area is 118 Å². The molecule has 1 aromatic rings. The fourth-order valence-corrected chi connectivity index (χ4v) is 2.78. The van der Waals surface area contributed by atoms with E-state index in [2.05, 4.69) is 4.74 Å². The maximum atomic E-state index is 12.1. The Bertz CT molecular complexity index is 624. The fourth-order valence-electron chi connectivity index (χ4n) is 1.02. The molecule has 0 fully saturated rings. The van der Waals surface area contributed by atoms with Crippen molar-refractivity contribution < 1.29 is 26.3 Å². The molecule has 0 aromatic heterocycles. The molecular weight excluding hydrogens is 410 g/mol. The maximum Gasteiger partial charge on any atom is 0.573 e. The van der Waals surface area contributed by atoms with Gasteiger partial charge in [0.15, 0.2) is 5.75 Å². The Morgan fingerprint density at radius 2 is 1.94 bits per heavy atom. The molecule has 0 saturated heterocycles. The minimum absolute atomic E-state index is 0.142. The van der Waals surface area contributed by atoms with Crippen LogP contribution in [0.1, 0.15) is 5.56 Å². The van der Waals surface area contributed by atoms with Gasteiger partial charge >= 0.3 is 6.36 Å².